The van der Waals surface area contributed by atoms with Crippen molar-refractivity contribution in [2.45, 2.75) is 51.5 Å². The van der Waals surface area contributed by atoms with Crippen molar-refractivity contribution in [2.75, 3.05) is 7.11 Å². The van der Waals surface area contributed by atoms with Crippen molar-refractivity contribution in [2.24, 2.45) is 5.14 Å². The van der Waals surface area contributed by atoms with Crippen molar-refractivity contribution in [1.29, 1.82) is 0 Å². The molecular formula is C35H37F2N3O7S. The summed E-state index contributed by atoms with van der Waals surface area (Å²) in [5.74, 6) is -2.72. The minimum Gasteiger partial charge on any atom is -0.469 e. The van der Waals surface area contributed by atoms with Crippen LogP contribution in [0.15, 0.2) is 84.9 Å². The van der Waals surface area contributed by atoms with Crippen LogP contribution in [0, 0.1) is 11.6 Å². The number of aromatic nitrogens is 1. The molecule has 48 heavy (non-hydrogen) atoms. The number of benzene rings is 3. The van der Waals surface area contributed by atoms with E-state index in [4.69, 9.17) is 5.14 Å². The molecule has 0 aliphatic carbocycles. The second kappa shape index (κ2) is 15.5. The summed E-state index contributed by atoms with van der Waals surface area (Å²) >= 11 is 0. The van der Waals surface area contributed by atoms with Crippen LogP contribution < -0.4 is 5.14 Å². The summed E-state index contributed by atoms with van der Waals surface area (Å²) in [7, 11) is -3.47. The monoisotopic (exact) mass is 681 g/mol. The number of hydrogen-bond donors (Lipinski definition) is 3. The number of hydrogen-bond acceptors (Lipinski definition) is 7. The van der Waals surface area contributed by atoms with E-state index in [1.54, 1.807) is 48.7 Å². The Labute approximate surface area is 277 Å². The molecule has 2 unspecified atom stereocenters. The van der Waals surface area contributed by atoms with E-state index in [-0.39, 0.29) is 24.1 Å². The molecule has 0 radical (unpaired) electrons. The third-order valence-corrected chi connectivity index (χ3v) is 8.46. The van der Waals surface area contributed by atoms with Crippen LogP contribution in [0.2, 0.25) is 0 Å². The molecule has 4 aromatic rings. The van der Waals surface area contributed by atoms with Crippen LogP contribution in [0.25, 0.3) is 28.3 Å². The topological polar surface area (TPSA) is 152 Å². The van der Waals surface area contributed by atoms with Crippen LogP contribution in [-0.2, 0) is 26.3 Å². The van der Waals surface area contributed by atoms with E-state index >= 15 is 0 Å². The lowest BCUT2D eigenvalue weighted by Crippen LogP contribution is -2.42. The Bertz CT molecular complexity index is 1880. The molecule has 0 fully saturated rings. The summed E-state index contributed by atoms with van der Waals surface area (Å²) in [5, 5.41) is 26.7. The molecule has 0 aliphatic heterocycles. The number of methoxy groups -OCH3 is 1. The zero-order chi connectivity index (χ0) is 35.2. The largest absolute Gasteiger partial charge is 0.469 e. The van der Waals surface area contributed by atoms with Crippen molar-refractivity contribution in [3.63, 3.8) is 0 Å². The smallest absolute Gasteiger partial charge is 0.308 e. The second-order valence-electron chi connectivity index (χ2n) is 11.4. The Morgan fingerprint density at radius 2 is 1.46 bits per heavy atom. The number of carbonyl (C=O) groups excluding carboxylic acids is 2. The fourth-order valence-corrected chi connectivity index (χ4v) is 6.03. The number of carbonyl (C=O) groups is 2. The molecule has 2 atom stereocenters. The standard InChI is InChI=1S/C35H37F2N3O7S/c1-22(2)40-30(18-17-28(41)19-29(42)20-31(43)47-3)32(24-9-13-26(36)14-10-24)33(25-11-15-27(37)16-12-25)34(40)35(44)39(48(38,45)46)21-23-7-5-4-6-8-23/h4-18,22,28-29,41-42H,19-21H2,1-3H3,(H2,38,45,46). The first-order chi connectivity index (χ1) is 22.7. The lowest BCUT2D eigenvalue weighted by Gasteiger charge is -2.23. The molecule has 1 aromatic heterocycles. The molecule has 10 nitrogen and oxygen atoms in total. The lowest BCUT2D eigenvalue weighted by atomic mass is 9.94. The number of esters is 1. The fraction of sp³-hybridized carbons (Fsp3) is 0.257. The maximum atomic E-state index is 14.6. The third kappa shape index (κ3) is 8.61. The van der Waals surface area contributed by atoms with E-state index < -0.39 is 58.5 Å². The van der Waals surface area contributed by atoms with Gasteiger partial charge in [0, 0.05) is 29.3 Å². The number of amides is 1. The van der Waals surface area contributed by atoms with E-state index in [9.17, 15) is 37.0 Å². The van der Waals surface area contributed by atoms with Crippen LogP contribution in [0.4, 0.5) is 8.78 Å². The van der Waals surface area contributed by atoms with Gasteiger partial charge < -0.3 is 19.5 Å². The van der Waals surface area contributed by atoms with Crippen molar-refractivity contribution in [3.05, 3.63) is 114 Å². The minimum atomic E-state index is -4.65. The van der Waals surface area contributed by atoms with Gasteiger partial charge in [0.05, 0.1) is 32.3 Å². The molecule has 1 heterocycles. The predicted molar refractivity (Wildman–Crippen MR) is 177 cm³/mol. The number of nitrogens with zero attached hydrogens (tertiary/aromatic N) is 2. The highest BCUT2D eigenvalue weighted by atomic mass is 32.2. The number of aliphatic hydroxyl groups excluding tert-OH is 2. The molecule has 0 saturated carbocycles. The molecular weight excluding hydrogens is 644 g/mol. The summed E-state index contributed by atoms with van der Waals surface area (Å²) in [6, 6.07) is 18.5. The number of halogens is 2. The Morgan fingerprint density at radius 3 is 1.96 bits per heavy atom. The second-order valence-corrected chi connectivity index (χ2v) is 12.9. The normalized spacial score (nSPS) is 13.1. The fourth-order valence-electron chi connectivity index (χ4n) is 5.39. The lowest BCUT2D eigenvalue weighted by molar-refractivity contribution is -0.143. The molecule has 4 N–H and O–H groups in total. The van der Waals surface area contributed by atoms with Gasteiger partial charge >= 0.3 is 16.2 Å². The highest BCUT2D eigenvalue weighted by Crippen LogP contribution is 2.43. The Kier molecular flexibility index (Phi) is 11.7. The van der Waals surface area contributed by atoms with Crippen molar-refractivity contribution < 1.29 is 41.7 Å². The van der Waals surface area contributed by atoms with E-state index in [1.807, 2.05) is 0 Å². The molecule has 3 aromatic carbocycles. The maximum absolute atomic E-state index is 14.6. The van der Waals surface area contributed by atoms with Crippen LogP contribution in [0.1, 0.15) is 54.5 Å². The number of rotatable bonds is 13. The van der Waals surface area contributed by atoms with Gasteiger partial charge in [-0.25, -0.2) is 18.2 Å². The maximum Gasteiger partial charge on any atom is 0.308 e. The van der Waals surface area contributed by atoms with E-state index in [0.29, 0.717) is 32.3 Å². The molecule has 13 heteroatoms. The average molecular weight is 682 g/mol. The number of nitrogens with two attached hydrogens (primary N) is 1. The van der Waals surface area contributed by atoms with Gasteiger partial charge in [-0.05, 0) is 60.9 Å². The van der Waals surface area contributed by atoms with Crippen molar-refractivity contribution >= 4 is 28.2 Å². The highest BCUT2D eigenvalue weighted by Gasteiger charge is 2.35. The summed E-state index contributed by atoms with van der Waals surface area (Å²) in [6.07, 6.45) is -0.217. The molecule has 0 bridgehead atoms. The number of ether oxygens (including phenoxy) is 1. The summed E-state index contributed by atoms with van der Waals surface area (Å²) in [5.41, 5.74) is 2.02. The Morgan fingerprint density at radius 1 is 0.917 bits per heavy atom. The average Bonchev–Trinajstić information content (AvgIpc) is 3.38. The Balaban J connectivity index is 2.03. The molecule has 254 valence electrons. The van der Waals surface area contributed by atoms with Crippen LogP contribution in [0.5, 0.6) is 0 Å². The van der Waals surface area contributed by atoms with Gasteiger partial charge in [-0.2, -0.15) is 8.42 Å². The van der Waals surface area contributed by atoms with Gasteiger partial charge in [0.15, 0.2) is 0 Å². The molecule has 0 aliphatic rings. The third-order valence-electron chi connectivity index (χ3n) is 7.55. The van der Waals surface area contributed by atoms with Gasteiger partial charge in [0.1, 0.15) is 17.3 Å². The van der Waals surface area contributed by atoms with Gasteiger partial charge in [-0.3, -0.25) is 9.59 Å². The van der Waals surface area contributed by atoms with Crippen molar-refractivity contribution in [3.8, 4) is 22.3 Å². The van der Waals surface area contributed by atoms with Gasteiger partial charge in [0.2, 0.25) is 0 Å². The van der Waals surface area contributed by atoms with E-state index in [1.165, 1.54) is 67.8 Å². The SMILES string of the molecule is COC(=O)CC(O)CC(O)C=Cc1c(-c2ccc(F)cc2)c(-c2ccc(F)cc2)c(C(=O)N(Cc2ccccc2)S(N)(=O)=O)n1C(C)C. The van der Waals surface area contributed by atoms with Gasteiger partial charge in [0.25, 0.3) is 5.91 Å². The van der Waals surface area contributed by atoms with Crippen LogP contribution in [0.3, 0.4) is 0 Å². The van der Waals surface area contributed by atoms with Gasteiger partial charge in [-0.15, -0.1) is 0 Å². The number of aliphatic hydroxyl groups is 2. The first kappa shape index (κ1) is 36.2. The highest BCUT2D eigenvalue weighted by molar-refractivity contribution is 7.87. The quantitative estimate of drug-likeness (QED) is 0.164. The minimum absolute atomic E-state index is 0.110. The predicted octanol–water partition coefficient (Wildman–Crippen LogP) is 5.22. The van der Waals surface area contributed by atoms with Crippen LogP contribution in [-0.4, -0.2) is 58.7 Å². The molecule has 0 spiro atoms. The van der Waals surface area contributed by atoms with Gasteiger partial charge in [-0.1, -0.05) is 60.7 Å². The first-order valence-corrected chi connectivity index (χ1v) is 16.5. The molecule has 0 saturated heterocycles. The summed E-state index contributed by atoms with van der Waals surface area (Å²) < 4.78 is 61.1. The van der Waals surface area contributed by atoms with Crippen LogP contribution >= 0.6 is 0 Å². The zero-order valence-electron chi connectivity index (χ0n) is 26.6. The first-order valence-electron chi connectivity index (χ1n) is 15.0. The Hall–Kier alpha value is -4.69. The summed E-state index contributed by atoms with van der Waals surface area (Å²) in [6.45, 7) is 3.12. The molecule has 1 amide bonds. The summed E-state index contributed by atoms with van der Waals surface area (Å²) in [4.78, 5) is 26.2. The van der Waals surface area contributed by atoms with Crippen molar-refractivity contribution in [1.82, 2.24) is 8.87 Å². The zero-order valence-corrected chi connectivity index (χ0v) is 27.4. The molecule has 4 rings (SSSR count). The van der Waals surface area contributed by atoms with E-state index in [2.05, 4.69) is 4.74 Å². The van der Waals surface area contributed by atoms with E-state index in [0.717, 1.165) is 0 Å².